The van der Waals surface area contributed by atoms with Gasteiger partial charge in [-0.1, -0.05) is 18.2 Å². The van der Waals surface area contributed by atoms with Crippen LogP contribution in [-0.4, -0.2) is 11.5 Å². The minimum Gasteiger partial charge on any atom is -0.406 e. The number of aryl methyl sites for hydroxylation is 1. The summed E-state index contributed by atoms with van der Waals surface area (Å²) in [5.41, 5.74) is 2.44. The van der Waals surface area contributed by atoms with E-state index in [1.54, 1.807) is 0 Å². The van der Waals surface area contributed by atoms with E-state index in [2.05, 4.69) is 15.4 Å². The molecule has 0 aliphatic rings. The number of anilines is 2. The molecule has 0 saturated carbocycles. The second-order valence-corrected chi connectivity index (χ2v) is 4.87. The number of nitrogens with one attached hydrogen (secondary N) is 2. The zero-order valence-electron chi connectivity index (χ0n) is 11.6. The summed E-state index contributed by atoms with van der Waals surface area (Å²) >= 11 is 5.16. The molecule has 0 amide bonds. The number of hydrogen-bond donors (Lipinski definition) is 2. The van der Waals surface area contributed by atoms with Crippen LogP contribution in [0.1, 0.15) is 5.56 Å². The van der Waals surface area contributed by atoms with Gasteiger partial charge in [0.15, 0.2) is 5.11 Å². The van der Waals surface area contributed by atoms with Gasteiger partial charge in [0.1, 0.15) is 5.75 Å². The maximum Gasteiger partial charge on any atom is 0.573 e. The van der Waals surface area contributed by atoms with E-state index in [-0.39, 0.29) is 5.75 Å². The molecule has 2 aromatic rings. The topological polar surface area (TPSA) is 33.3 Å². The van der Waals surface area contributed by atoms with E-state index < -0.39 is 6.36 Å². The predicted octanol–water partition coefficient (Wildman–Crippen LogP) is 4.70. The minimum absolute atomic E-state index is 0.282. The lowest BCUT2D eigenvalue weighted by atomic mass is 10.2. The Balaban J connectivity index is 1.96. The number of halogens is 3. The van der Waals surface area contributed by atoms with Crippen molar-refractivity contribution in [3.8, 4) is 5.75 Å². The third-order valence-electron chi connectivity index (χ3n) is 2.74. The second-order valence-electron chi connectivity index (χ2n) is 4.47. The number of alkyl halides is 3. The highest BCUT2D eigenvalue weighted by Gasteiger charge is 2.30. The molecule has 0 aromatic heterocycles. The number of ether oxygens (including phenoxy) is 1. The molecular weight excluding hydrogens is 313 g/mol. The first-order valence-corrected chi connectivity index (χ1v) is 6.74. The average Bonchev–Trinajstić information content (AvgIpc) is 2.42. The Kier molecular flexibility index (Phi) is 4.87. The molecule has 0 aliphatic heterocycles. The first kappa shape index (κ1) is 16.1. The SMILES string of the molecule is Cc1ccccc1NC(=S)Nc1ccc(OC(F)(F)F)cc1. The number of thiocarbonyl (C=S) groups is 1. The van der Waals surface area contributed by atoms with Crippen molar-refractivity contribution in [3.63, 3.8) is 0 Å². The molecule has 116 valence electrons. The Labute approximate surface area is 131 Å². The Morgan fingerprint density at radius 1 is 1.00 bits per heavy atom. The summed E-state index contributed by atoms with van der Waals surface area (Å²) in [7, 11) is 0. The van der Waals surface area contributed by atoms with Crippen LogP contribution in [0.4, 0.5) is 24.5 Å². The largest absolute Gasteiger partial charge is 0.573 e. The maximum atomic E-state index is 12.1. The van der Waals surface area contributed by atoms with Gasteiger partial charge in [-0.15, -0.1) is 13.2 Å². The minimum atomic E-state index is -4.70. The van der Waals surface area contributed by atoms with Crippen LogP contribution in [0.15, 0.2) is 48.5 Å². The van der Waals surface area contributed by atoms with Crippen molar-refractivity contribution in [1.82, 2.24) is 0 Å². The second kappa shape index (κ2) is 6.65. The molecule has 0 aliphatic carbocycles. The Morgan fingerprint density at radius 2 is 1.64 bits per heavy atom. The fraction of sp³-hybridized carbons (Fsp3) is 0.133. The Hall–Kier alpha value is -2.28. The fourth-order valence-corrected chi connectivity index (χ4v) is 1.97. The number of rotatable bonds is 3. The van der Waals surface area contributed by atoms with Gasteiger partial charge in [0.2, 0.25) is 0 Å². The van der Waals surface area contributed by atoms with Gasteiger partial charge in [-0.3, -0.25) is 0 Å². The maximum absolute atomic E-state index is 12.1. The molecule has 22 heavy (non-hydrogen) atoms. The monoisotopic (exact) mass is 326 g/mol. The van der Waals surface area contributed by atoms with Crippen LogP contribution in [0.3, 0.4) is 0 Å². The third kappa shape index (κ3) is 4.92. The molecule has 7 heteroatoms. The molecule has 0 atom stereocenters. The van der Waals surface area contributed by atoms with Gasteiger partial charge in [-0.05, 0) is 55.0 Å². The van der Waals surface area contributed by atoms with Gasteiger partial charge < -0.3 is 15.4 Å². The van der Waals surface area contributed by atoms with E-state index >= 15 is 0 Å². The summed E-state index contributed by atoms with van der Waals surface area (Å²) in [6, 6.07) is 12.9. The van der Waals surface area contributed by atoms with Crippen LogP contribution >= 0.6 is 12.2 Å². The van der Waals surface area contributed by atoms with Gasteiger partial charge in [0.05, 0.1) is 0 Å². The zero-order valence-corrected chi connectivity index (χ0v) is 12.4. The van der Waals surface area contributed by atoms with Crippen molar-refractivity contribution in [2.24, 2.45) is 0 Å². The van der Waals surface area contributed by atoms with Crippen LogP contribution in [-0.2, 0) is 0 Å². The van der Waals surface area contributed by atoms with Crippen molar-refractivity contribution in [2.45, 2.75) is 13.3 Å². The first-order valence-electron chi connectivity index (χ1n) is 6.33. The molecule has 0 fully saturated rings. The standard InChI is InChI=1S/C15H13F3N2OS/c1-10-4-2-3-5-13(10)20-14(22)19-11-6-8-12(9-7-11)21-15(16,17)18/h2-9H,1H3,(H2,19,20,22). The summed E-state index contributed by atoms with van der Waals surface area (Å²) in [5, 5.41) is 6.26. The highest BCUT2D eigenvalue weighted by molar-refractivity contribution is 7.80. The van der Waals surface area contributed by atoms with Gasteiger partial charge in [0.25, 0.3) is 0 Å². The summed E-state index contributed by atoms with van der Waals surface area (Å²) < 4.78 is 40.0. The van der Waals surface area contributed by atoms with Crippen molar-refractivity contribution < 1.29 is 17.9 Å². The Bertz CT molecular complexity index is 657. The molecular formula is C15H13F3N2OS. The van der Waals surface area contributed by atoms with Crippen molar-refractivity contribution in [2.75, 3.05) is 10.6 Å². The van der Waals surface area contributed by atoms with E-state index in [0.717, 1.165) is 11.3 Å². The molecule has 2 rings (SSSR count). The van der Waals surface area contributed by atoms with Crippen molar-refractivity contribution in [3.05, 3.63) is 54.1 Å². The highest BCUT2D eigenvalue weighted by Crippen LogP contribution is 2.24. The summed E-state index contributed by atoms with van der Waals surface area (Å²) in [5.74, 6) is -0.282. The summed E-state index contributed by atoms with van der Waals surface area (Å²) in [6.07, 6.45) is -4.70. The van der Waals surface area contributed by atoms with Crippen LogP contribution in [0.5, 0.6) is 5.75 Å². The molecule has 0 bridgehead atoms. The molecule has 2 N–H and O–H groups in total. The van der Waals surface area contributed by atoms with Gasteiger partial charge >= 0.3 is 6.36 Å². The van der Waals surface area contributed by atoms with Crippen molar-refractivity contribution in [1.29, 1.82) is 0 Å². The smallest absolute Gasteiger partial charge is 0.406 e. The lowest BCUT2D eigenvalue weighted by Crippen LogP contribution is -2.20. The van der Waals surface area contributed by atoms with E-state index in [4.69, 9.17) is 12.2 Å². The molecule has 3 nitrogen and oxygen atoms in total. The zero-order chi connectivity index (χ0) is 16.2. The normalized spacial score (nSPS) is 10.9. The number of para-hydroxylation sites is 1. The fourth-order valence-electron chi connectivity index (χ4n) is 1.74. The lowest BCUT2D eigenvalue weighted by Gasteiger charge is -2.13. The molecule has 0 radical (unpaired) electrons. The van der Waals surface area contributed by atoms with E-state index in [9.17, 15) is 13.2 Å². The van der Waals surface area contributed by atoms with E-state index in [1.807, 2.05) is 31.2 Å². The first-order chi connectivity index (χ1) is 10.3. The molecule has 0 heterocycles. The molecule has 0 spiro atoms. The van der Waals surface area contributed by atoms with Crippen LogP contribution in [0.25, 0.3) is 0 Å². The van der Waals surface area contributed by atoms with Crippen LogP contribution in [0.2, 0.25) is 0 Å². The average molecular weight is 326 g/mol. The van der Waals surface area contributed by atoms with Crippen LogP contribution in [0, 0.1) is 6.92 Å². The predicted molar refractivity (Wildman–Crippen MR) is 84.1 cm³/mol. The number of hydrogen-bond acceptors (Lipinski definition) is 2. The molecule has 0 saturated heterocycles. The van der Waals surface area contributed by atoms with E-state index in [0.29, 0.717) is 10.8 Å². The Morgan fingerprint density at radius 3 is 2.23 bits per heavy atom. The lowest BCUT2D eigenvalue weighted by molar-refractivity contribution is -0.274. The van der Waals surface area contributed by atoms with Gasteiger partial charge in [-0.2, -0.15) is 0 Å². The quantitative estimate of drug-likeness (QED) is 0.801. The van der Waals surface area contributed by atoms with Gasteiger partial charge in [0, 0.05) is 11.4 Å². The summed E-state index contributed by atoms with van der Waals surface area (Å²) in [6.45, 7) is 1.94. The summed E-state index contributed by atoms with van der Waals surface area (Å²) in [4.78, 5) is 0. The van der Waals surface area contributed by atoms with Gasteiger partial charge in [-0.25, -0.2) is 0 Å². The number of benzene rings is 2. The van der Waals surface area contributed by atoms with E-state index in [1.165, 1.54) is 24.3 Å². The molecule has 0 unspecified atom stereocenters. The molecule has 2 aromatic carbocycles. The van der Waals surface area contributed by atoms with Crippen LogP contribution < -0.4 is 15.4 Å². The van der Waals surface area contributed by atoms with Crippen molar-refractivity contribution >= 4 is 28.7 Å². The highest BCUT2D eigenvalue weighted by atomic mass is 32.1. The third-order valence-corrected chi connectivity index (χ3v) is 2.94.